The second kappa shape index (κ2) is 5.65. The van der Waals surface area contributed by atoms with Gasteiger partial charge < -0.3 is 5.73 Å². The van der Waals surface area contributed by atoms with Crippen LogP contribution < -0.4 is 11.1 Å². The lowest BCUT2D eigenvalue weighted by Crippen LogP contribution is -2.37. The molecule has 1 aromatic carbocycles. The van der Waals surface area contributed by atoms with Crippen molar-refractivity contribution in [2.24, 2.45) is 5.73 Å². The van der Waals surface area contributed by atoms with Crippen molar-refractivity contribution >= 4 is 46.4 Å². The van der Waals surface area contributed by atoms with Gasteiger partial charge in [-0.1, -0.05) is 41.1 Å². The zero-order chi connectivity index (χ0) is 13.5. The predicted octanol–water partition coefficient (Wildman–Crippen LogP) is 2.71. The van der Waals surface area contributed by atoms with E-state index in [1.54, 1.807) is 6.07 Å². The Morgan fingerprint density at radius 3 is 2.70 bits per heavy atom. The second-order valence-electron chi connectivity index (χ2n) is 4.50. The molecule has 1 saturated carbocycles. The Morgan fingerprint density at radius 1 is 1.35 bits per heavy atom. The first-order valence-corrected chi connectivity index (χ1v) is 6.97. The van der Waals surface area contributed by atoms with Crippen molar-refractivity contribution in [1.82, 2.24) is 10.2 Å². The van der Waals surface area contributed by atoms with Crippen LogP contribution in [0, 0.1) is 0 Å². The first-order valence-electron chi connectivity index (χ1n) is 5.77. The van der Waals surface area contributed by atoms with E-state index in [9.17, 15) is 4.79 Å². The van der Waals surface area contributed by atoms with E-state index in [-0.39, 0.29) is 18.3 Å². The van der Waals surface area contributed by atoms with Crippen LogP contribution >= 0.6 is 35.3 Å². The van der Waals surface area contributed by atoms with E-state index in [0.717, 1.165) is 18.4 Å². The molecule has 0 unspecified atom stereocenters. The molecule has 1 aromatic heterocycles. The van der Waals surface area contributed by atoms with E-state index in [0.29, 0.717) is 15.2 Å². The molecule has 2 aromatic rings. The number of amides is 1. The number of hydrogen-bond acceptors (Lipinski definition) is 5. The van der Waals surface area contributed by atoms with E-state index in [2.05, 4.69) is 15.5 Å². The second-order valence-corrected chi connectivity index (χ2v) is 5.89. The molecule has 1 amide bonds. The van der Waals surface area contributed by atoms with Crippen molar-refractivity contribution in [1.29, 1.82) is 0 Å². The van der Waals surface area contributed by atoms with Crippen LogP contribution in [0.5, 0.6) is 0 Å². The predicted molar refractivity (Wildman–Crippen MR) is 82.4 cm³/mol. The molecule has 106 valence electrons. The summed E-state index contributed by atoms with van der Waals surface area (Å²) in [7, 11) is 0. The molecule has 0 atom stereocenters. The molecule has 1 fully saturated rings. The van der Waals surface area contributed by atoms with Crippen LogP contribution in [0.2, 0.25) is 5.02 Å². The van der Waals surface area contributed by atoms with Crippen molar-refractivity contribution in [3.63, 3.8) is 0 Å². The van der Waals surface area contributed by atoms with Crippen molar-refractivity contribution in [3.8, 4) is 10.6 Å². The van der Waals surface area contributed by atoms with Gasteiger partial charge in [0.1, 0.15) is 0 Å². The molecule has 20 heavy (non-hydrogen) atoms. The smallest absolute Gasteiger partial charge is 0.246 e. The van der Waals surface area contributed by atoms with Crippen LogP contribution in [0.4, 0.5) is 5.13 Å². The van der Waals surface area contributed by atoms with Gasteiger partial charge in [-0.3, -0.25) is 10.1 Å². The van der Waals surface area contributed by atoms with E-state index >= 15 is 0 Å². The largest absolute Gasteiger partial charge is 0.317 e. The molecular formula is C12H12Cl2N4OS. The average molecular weight is 331 g/mol. The zero-order valence-corrected chi connectivity index (χ0v) is 12.7. The van der Waals surface area contributed by atoms with Crippen LogP contribution in [-0.4, -0.2) is 21.6 Å². The number of aromatic nitrogens is 2. The number of carbonyl (C=O) groups excluding carboxylic acids is 1. The minimum Gasteiger partial charge on any atom is -0.317 e. The highest BCUT2D eigenvalue weighted by Gasteiger charge is 2.46. The van der Waals surface area contributed by atoms with Crippen molar-refractivity contribution in [2.45, 2.75) is 18.4 Å². The number of hydrogen-bond donors (Lipinski definition) is 2. The minimum absolute atomic E-state index is 0. The zero-order valence-electron chi connectivity index (χ0n) is 10.3. The highest BCUT2D eigenvalue weighted by molar-refractivity contribution is 7.18. The molecule has 8 heteroatoms. The van der Waals surface area contributed by atoms with Gasteiger partial charge in [0.05, 0.1) is 10.6 Å². The van der Waals surface area contributed by atoms with Gasteiger partial charge in [0.25, 0.3) is 0 Å². The maximum Gasteiger partial charge on any atom is 0.246 e. The van der Waals surface area contributed by atoms with Gasteiger partial charge in [-0.05, 0) is 18.9 Å². The monoisotopic (exact) mass is 330 g/mol. The van der Waals surface area contributed by atoms with E-state index < -0.39 is 5.54 Å². The fourth-order valence-electron chi connectivity index (χ4n) is 1.60. The Hall–Kier alpha value is -1.21. The average Bonchev–Trinajstić information content (AvgIpc) is 2.98. The molecule has 3 rings (SSSR count). The van der Waals surface area contributed by atoms with Crippen molar-refractivity contribution in [2.75, 3.05) is 5.32 Å². The Bertz CT molecular complexity index is 642. The molecule has 0 aliphatic heterocycles. The molecule has 3 N–H and O–H groups in total. The van der Waals surface area contributed by atoms with Gasteiger partial charge in [-0.15, -0.1) is 22.6 Å². The highest BCUT2D eigenvalue weighted by atomic mass is 35.5. The van der Waals surface area contributed by atoms with Crippen LogP contribution in [0.1, 0.15) is 12.8 Å². The standard InChI is InChI=1S/C12H11ClN4OS.ClH/c13-8-4-2-1-3-7(8)9-16-17-11(19-9)15-10(18)12(14)5-6-12;/h1-4H,5-6,14H2,(H,15,17,18);1H. The Labute approximate surface area is 130 Å². The molecule has 1 aliphatic rings. The first kappa shape index (κ1) is 15.2. The van der Waals surface area contributed by atoms with Gasteiger partial charge in [-0.25, -0.2) is 0 Å². The number of halogens is 2. The third kappa shape index (κ3) is 2.93. The number of nitrogens with two attached hydrogens (primary N) is 1. The molecule has 0 bridgehead atoms. The maximum atomic E-state index is 11.8. The Balaban J connectivity index is 0.00000147. The van der Waals surface area contributed by atoms with Gasteiger partial charge in [0.15, 0.2) is 5.01 Å². The molecule has 0 saturated heterocycles. The third-order valence-electron chi connectivity index (χ3n) is 2.99. The lowest BCUT2D eigenvalue weighted by atomic mass is 10.2. The summed E-state index contributed by atoms with van der Waals surface area (Å²) in [5.41, 5.74) is 5.89. The summed E-state index contributed by atoms with van der Waals surface area (Å²) in [6, 6.07) is 7.37. The van der Waals surface area contributed by atoms with Gasteiger partial charge in [-0.2, -0.15) is 0 Å². The van der Waals surface area contributed by atoms with Crippen molar-refractivity contribution < 1.29 is 4.79 Å². The van der Waals surface area contributed by atoms with Crippen LogP contribution in [-0.2, 0) is 4.79 Å². The summed E-state index contributed by atoms with van der Waals surface area (Å²) in [5.74, 6) is -0.200. The summed E-state index contributed by atoms with van der Waals surface area (Å²) in [6.07, 6.45) is 1.43. The molecule has 5 nitrogen and oxygen atoms in total. The van der Waals surface area contributed by atoms with Gasteiger partial charge in [0.2, 0.25) is 11.0 Å². The fourth-order valence-corrected chi connectivity index (χ4v) is 2.66. The molecular weight excluding hydrogens is 319 g/mol. The van der Waals surface area contributed by atoms with Crippen LogP contribution in [0.25, 0.3) is 10.6 Å². The van der Waals surface area contributed by atoms with E-state index in [1.807, 2.05) is 18.2 Å². The number of nitrogens with one attached hydrogen (secondary N) is 1. The Kier molecular flexibility index (Phi) is 4.29. The third-order valence-corrected chi connectivity index (χ3v) is 4.19. The highest BCUT2D eigenvalue weighted by Crippen LogP contribution is 2.35. The van der Waals surface area contributed by atoms with Gasteiger partial charge in [0, 0.05) is 5.56 Å². The molecule has 0 spiro atoms. The number of carbonyl (C=O) groups is 1. The topological polar surface area (TPSA) is 80.9 Å². The number of rotatable bonds is 3. The van der Waals surface area contributed by atoms with Crippen LogP contribution in [0.3, 0.4) is 0 Å². The molecule has 0 radical (unpaired) electrons. The van der Waals surface area contributed by atoms with Gasteiger partial charge >= 0.3 is 0 Å². The van der Waals surface area contributed by atoms with Crippen LogP contribution in [0.15, 0.2) is 24.3 Å². The summed E-state index contributed by atoms with van der Waals surface area (Å²) >= 11 is 7.37. The number of nitrogens with zero attached hydrogens (tertiary/aromatic N) is 2. The maximum absolute atomic E-state index is 11.8. The summed E-state index contributed by atoms with van der Waals surface area (Å²) in [5, 5.41) is 12.4. The molecule has 1 heterocycles. The summed E-state index contributed by atoms with van der Waals surface area (Å²) in [4.78, 5) is 11.8. The Morgan fingerprint density at radius 2 is 2.05 bits per heavy atom. The number of anilines is 1. The number of benzene rings is 1. The lowest BCUT2D eigenvalue weighted by molar-refractivity contribution is -0.118. The quantitative estimate of drug-likeness (QED) is 0.906. The van der Waals surface area contributed by atoms with E-state index in [1.165, 1.54) is 11.3 Å². The lowest BCUT2D eigenvalue weighted by Gasteiger charge is -2.06. The minimum atomic E-state index is -0.712. The van der Waals surface area contributed by atoms with E-state index in [4.69, 9.17) is 17.3 Å². The summed E-state index contributed by atoms with van der Waals surface area (Å²) < 4.78 is 0. The fraction of sp³-hybridized carbons (Fsp3) is 0.250. The summed E-state index contributed by atoms with van der Waals surface area (Å²) in [6.45, 7) is 0. The first-order chi connectivity index (χ1) is 9.08. The SMILES string of the molecule is Cl.NC1(C(=O)Nc2nnc(-c3ccccc3Cl)s2)CC1. The van der Waals surface area contributed by atoms with Crippen molar-refractivity contribution in [3.05, 3.63) is 29.3 Å². The normalized spacial score (nSPS) is 15.3. The molecule has 1 aliphatic carbocycles.